The molecule has 35 heavy (non-hydrogen) atoms. The largest absolute Gasteiger partial charge is 0.289 e. The van der Waals surface area contributed by atoms with Crippen LogP contribution in [0.2, 0.25) is 0 Å². The van der Waals surface area contributed by atoms with E-state index in [-0.39, 0.29) is 24.6 Å². The van der Waals surface area contributed by atoms with Gasteiger partial charge in [-0.1, -0.05) is 86.7 Å². The van der Waals surface area contributed by atoms with Gasteiger partial charge >= 0.3 is 0 Å². The van der Waals surface area contributed by atoms with Crippen molar-refractivity contribution >= 4 is 27.9 Å². The maximum Gasteiger partial charge on any atom is 0.247 e. The Labute approximate surface area is 208 Å². The molecule has 0 aliphatic rings. The van der Waals surface area contributed by atoms with Crippen molar-refractivity contribution in [3.05, 3.63) is 77.9 Å². The number of hydroxylamine groups is 1. The number of hydrogen-bond acceptors (Lipinski definition) is 5. The van der Waals surface area contributed by atoms with Gasteiger partial charge < -0.3 is 0 Å². The summed E-state index contributed by atoms with van der Waals surface area (Å²) in [5, 5.41) is 9.37. The molecule has 190 valence electrons. The first kappa shape index (κ1) is 28.2. The van der Waals surface area contributed by atoms with Crippen LogP contribution < -0.4 is 10.9 Å². The summed E-state index contributed by atoms with van der Waals surface area (Å²) in [4.78, 5) is 26.0. The smallest absolute Gasteiger partial charge is 0.247 e. The fourth-order valence-electron chi connectivity index (χ4n) is 3.73. The van der Waals surface area contributed by atoms with Crippen LogP contribution in [0.1, 0.15) is 44.7 Å². The average molecular weight is 502 g/mol. The second kappa shape index (κ2) is 13.8. The number of nitrogens with one attached hydrogen (secondary N) is 2. The van der Waals surface area contributed by atoms with E-state index in [2.05, 4.69) is 5.43 Å². The van der Waals surface area contributed by atoms with Crippen LogP contribution in [-0.4, -0.2) is 35.6 Å². The first-order valence-electron chi connectivity index (χ1n) is 11.7. The zero-order chi connectivity index (χ0) is 25.8. The lowest BCUT2D eigenvalue weighted by Gasteiger charge is -2.29. The minimum Gasteiger partial charge on any atom is -0.289 e. The van der Waals surface area contributed by atoms with E-state index in [1.807, 2.05) is 56.3 Å². The topological polar surface area (TPSA) is 116 Å². The molecule has 0 saturated heterocycles. The SMILES string of the molecule is CCS(=O)(=O)N(Cc1ccccc1)NC(=O)[C@H](CC(C)C)[C@H](C/C=C/c1ccccc1)C(=O)NO. The molecule has 0 saturated carbocycles. The molecule has 0 radical (unpaired) electrons. The van der Waals surface area contributed by atoms with E-state index in [9.17, 15) is 23.2 Å². The molecule has 0 unspecified atom stereocenters. The van der Waals surface area contributed by atoms with E-state index in [4.69, 9.17) is 0 Å². The molecular formula is C26H35N3O5S. The number of amides is 2. The lowest BCUT2D eigenvalue weighted by molar-refractivity contribution is -0.142. The van der Waals surface area contributed by atoms with Crippen molar-refractivity contribution in [2.75, 3.05) is 5.75 Å². The summed E-state index contributed by atoms with van der Waals surface area (Å²) in [6.07, 6.45) is 4.13. The number of allylic oxidation sites excluding steroid dienone is 1. The molecule has 0 aliphatic heterocycles. The van der Waals surface area contributed by atoms with E-state index in [0.717, 1.165) is 9.98 Å². The Morgan fingerprint density at radius 3 is 2.11 bits per heavy atom. The minimum atomic E-state index is -3.78. The molecule has 0 fully saturated rings. The van der Waals surface area contributed by atoms with Crippen LogP contribution in [0.25, 0.3) is 6.08 Å². The van der Waals surface area contributed by atoms with Crippen LogP contribution in [-0.2, 0) is 26.2 Å². The number of hydrazine groups is 1. The second-order valence-electron chi connectivity index (χ2n) is 8.74. The summed E-state index contributed by atoms with van der Waals surface area (Å²) in [5.74, 6) is -3.21. The minimum absolute atomic E-state index is 0.0398. The number of rotatable bonds is 13. The molecule has 3 N–H and O–H groups in total. The van der Waals surface area contributed by atoms with E-state index < -0.39 is 33.7 Å². The van der Waals surface area contributed by atoms with Gasteiger partial charge in [-0.25, -0.2) is 13.9 Å². The van der Waals surface area contributed by atoms with Gasteiger partial charge in [0.1, 0.15) is 0 Å². The summed E-state index contributed by atoms with van der Waals surface area (Å²) < 4.78 is 26.4. The standard InChI is InChI=1S/C26H35N3O5S/c1-4-35(33,34)29(19-22-14-9-6-10-15-22)27-25(30)24(18-20(2)3)23(26(31)28-32)17-11-16-21-12-7-5-8-13-21/h5-16,20,23-24,32H,4,17-19H2,1-3H3,(H,27,30)(H,28,31)/b16-11+/t23-,24+/m0/s1. The molecule has 9 heteroatoms. The van der Waals surface area contributed by atoms with Crippen LogP contribution in [0, 0.1) is 17.8 Å². The van der Waals surface area contributed by atoms with Crippen molar-refractivity contribution in [3.63, 3.8) is 0 Å². The molecule has 0 heterocycles. The molecule has 2 aromatic carbocycles. The first-order chi connectivity index (χ1) is 16.7. The van der Waals surface area contributed by atoms with Gasteiger partial charge in [0.15, 0.2) is 0 Å². The van der Waals surface area contributed by atoms with Gasteiger partial charge in [-0.2, -0.15) is 0 Å². The predicted octanol–water partition coefficient (Wildman–Crippen LogP) is 3.76. The third-order valence-electron chi connectivity index (χ3n) is 5.60. The summed E-state index contributed by atoms with van der Waals surface area (Å²) in [7, 11) is -3.78. The van der Waals surface area contributed by atoms with Crippen molar-refractivity contribution in [2.45, 2.75) is 40.2 Å². The van der Waals surface area contributed by atoms with Crippen LogP contribution in [0.4, 0.5) is 0 Å². The lowest BCUT2D eigenvalue weighted by Crippen LogP contribution is -2.51. The van der Waals surface area contributed by atoms with Gasteiger partial charge in [-0.05, 0) is 36.8 Å². The highest BCUT2D eigenvalue weighted by Gasteiger charge is 2.35. The highest BCUT2D eigenvalue weighted by molar-refractivity contribution is 7.89. The van der Waals surface area contributed by atoms with E-state index in [1.54, 1.807) is 35.8 Å². The Morgan fingerprint density at radius 1 is 0.971 bits per heavy atom. The van der Waals surface area contributed by atoms with Gasteiger partial charge in [-0.3, -0.25) is 20.2 Å². The quantitative estimate of drug-likeness (QED) is 0.286. The van der Waals surface area contributed by atoms with Crippen molar-refractivity contribution in [1.29, 1.82) is 0 Å². The highest BCUT2D eigenvalue weighted by Crippen LogP contribution is 2.26. The first-order valence-corrected chi connectivity index (χ1v) is 13.3. The molecule has 2 aromatic rings. The fraction of sp³-hybridized carbons (Fsp3) is 0.385. The van der Waals surface area contributed by atoms with Crippen molar-refractivity contribution < 1.29 is 23.2 Å². The van der Waals surface area contributed by atoms with Crippen molar-refractivity contribution in [1.82, 2.24) is 15.3 Å². The normalized spacial score (nSPS) is 13.7. The summed E-state index contributed by atoms with van der Waals surface area (Å²) >= 11 is 0. The maximum absolute atomic E-state index is 13.4. The maximum atomic E-state index is 13.4. The lowest BCUT2D eigenvalue weighted by atomic mass is 9.82. The number of hydrogen-bond donors (Lipinski definition) is 3. The Bertz CT molecular complexity index is 1070. The molecule has 2 amide bonds. The predicted molar refractivity (Wildman–Crippen MR) is 136 cm³/mol. The van der Waals surface area contributed by atoms with Crippen LogP contribution in [0.15, 0.2) is 66.7 Å². The number of carbonyl (C=O) groups excluding carboxylic acids is 2. The van der Waals surface area contributed by atoms with E-state index >= 15 is 0 Å². The van der Waals surface area contributed by atoms with Gasteiger partial charge in [0, 0.05) is 0 Å². The molecule has 0 aliphatic carbocycles. The molecule has 0 spiro atoms. The summed E-state index contributed by atoms with van der Waals surface area (Å²) in [6.45, 7) is 5.29. The van der Waals surface area contributed by atoms with Gasteiger partial charge in [0.2, 0.25) is 21.8 Å². The van der Waals surface area contributed by atoms with Crippen molar-refractivity contribution in [2.24, 2.45) is 17.8 Å². The van der Waals surface area contributed by atoms with Crippen LogP contribution >= 0.6 is 0 Å². The Kier molecular flexibility index (Phi) is 11.1. The number of carbonyl (C=O) groups is 2. The zero-order valence-electron chi connectivity index (χ0n) is 20.4. The summed E-state index contributed by atoms with van der Waals surface area (Å²) in [5.41, 5.74) is 5.87. The molecule has 8 nitrogen and oxygen atoms in total. The van der Waals surface area contributed by atoms with E-state index in [1.165, 1.54) is 6.92 Å². The zero-order valence-corrected chi connectivity index (χ0v) is 21.2. The molecule has 0 bridgehead atoms. The monoisotopic (exact) mass is 501 g/mol. The molecule has 2 rings (SSSR count). The fourth-order valence-corrected chi connectivity index (χ4v) is 4.62. The Hall–Kier alpha value is -3.01. The molecule has 0 aromatic heterocycles. The van der Waals surface area contributed by atoms with Crippen molar-refractivity contribution in [3.8, 4) is 0 Å². The van der Waals surface area contributed by atoms with Gasteiger partial charge in [0.25, 0.3) is 0 Å². The van der Waals surface area contributed by atoms with E-state index in [0.29, 0.717) is 12.0 Å². The average Bonchev–Trinajstić information content (AvgIpc) is 2.85. The summed E-state index contributed by atoms with van der Waals surface area (Å²) in [6, 6.07) is 18.4. The second-order valence-corrected chi connectivity index (χ2v) is 10.9. The number of sulfonamides is 1. The number of benzene rings is 2. The van der Waals surface area contributed by atoms with Gasteiger partial charge in [-0.15, -0.1) is 4.41 Å². The number of nitrogens with zero attached hydrogens (tertiary/aromatic N) is 1. The van der Waals surface area contributed by atoms with Crippen LogP contribution in [0.5, 0.6) is 0 Å². The third-order valence-corrected chi connectivity index (χ3v) is 7.22. The Balaban J connectivity index is 2.31. The molecule has 2 atom stereocenters. The third kappa shape index (κ3) is 8.93. The van der Waals surface area contributed by atoms with Crippen LogP contribution in [0.3, 0.4) is 0 Å². The molecular weight excluding hydrogens is 466 g/mol. The van der Waals surface area contributed by atoms with Gasteiger partial charge in [0.05, 0.1) is 24.1 Å². The highest BCUT2D eigenvalue weighted by atomic mass is 32.2. The Morgan fingerprint density at radius 2 is 1.57 bits per heavy atom.